The van der Waals surface area contributed by atoms with Gasteiger partial charge in [-0.05, 0) is 37.2 Å². The van der Waals surface area contributed by atoms with Crippen LogP contribution in [-0.4, -0.2) is 32.1 Å². The Bertz CT molecular complexity index is 603. The van der Waals surface area contributed by atoms with E-state index in [-0.39, 0.29) is 0 Å². The first-order chi connectivity index (χ1) is 11.2. The van der Waals surface area contributed by atoms with Crippen LogP contribution in [0, 0.1) is 17.2 Å². The molecule has 1 N–H and O–H groups in total. The second-order valence-corrected chi connectivity index (χ2v) is 7.79. The number of pyridine rings is 1. The summed E-state index contributed by atoms with van der Waals surface area (Å²) in [5.74, 6) is 2.89. The lowest BCUT2D eigenvalue weighted by Crippen LogP contribution is -2.41. The van der Waals surface area contributed by atoms with Gasteiger partial charge in [0.1, 0.15) is 24.7 Å². The van der Waals surface area contributed by atoms with Gasteiger partial charge in [-0.3, -0.25) is 4.90 Å². The predicted octanol–water partition coefficient (Wildman–Crippen LogP) is 2.84. The van der Waals surface area contributed by atoms with Gasteiger partial charge in [0.25, 0.3) is 5.82 Å². The van der Waals surface area contributed by atoms with Crippen molar-refractivity contribution in [2.24, 2.45) is 5.92 Å². The lowest BCUT2D eigenvalue weighted by atomic mass is 9.89. The van der Waals surface area contributed by atoms with E-state index in [1.54, 1.807) is 11.8 Å². The van der Waals surface area contributed by atoms with Crippen LogP contribution in [0.4, 0.5) is 5.82 Å². The number of nitrogens with one attached hydrogen (secondary N) is 1. The number of nitrogens with zero attached hydrogens (tertiary/aromatic N) is 2. The number of aromatic nitrogens is 1. The molecule has 4 nitrogen and oxygen atoms in total. The Morgan fingerprint density at radius 2 is 1.91 bits per heavy atom. The van der Waals surface area contributed by atoms with Crippen molar-refractivity contribution in [2.75, 3.05) is 37.0 Å². The Kier molecular flexibility index (Phi) is 5.45. The molecule has 1 aliphatic heterocycles. The molecule has 0 spiro atoms. The van der Waals surface area contributed by atoms with Crippen molar-refractivity contribution in [2.45, 2.75) is 44.6 Å². The molecule has 2 aliphatic rings. The van der Waals surface area contributed by atoms with Crippen LogP contribution in [0.2, 0.25) is 0 Å². The van der Waals surface area contributed by atoms with E-state index in [0.29, 0.717) is 5.92 Å². The molecule has 2 heterocycles. The summed E-state index contributed by atoms with van der Waals surface area (Å²) in [5, 5.41) is 10.8. The monoisotopic (exact) mass is 332 g/mol. The summed E-state index contributed by atoms with van der Waals surface area (Å²) in [6.07, 6.45) is 4.55. The highest BCUT2D eigenvalue weighted by Crippen LogP contribution is 2.34. The zero-order valence-corrected chi connectivity index (χ0v) is 15.0. The Labute approximate surface area is 143 Å². The number of aromatic amines is 1. The molecule has 23 heavy (non-hydrogen) atoms. The Hall–Kier alpha value is -1.25. The normalized spacial score (nSPS) is 17.9. The Morgan fingerprint density at radius 3 is 2.57 bits per heavy atom. The SMILES string of the molecule is CC(C)CSc1[nH+]c(N2CCOCC2)c2c(c1C#N)CCCC2. The number of rotatable bonds is 4. The third kappa shape index (κ3) is 3.64. The summed E-state index contributed by atoms with van der Waals surface area (Å²) in [5.41, 5.74) is 3.57. The van der Waals surface area contributed by atoms with Crippen molar-refractivity contribution in [3.05, 3.63) is 16.7 Å². The highest BCUT2D eigenvalue weighted by Gasteiger charge is 2.30. The summed E-state index contributed by atoms with van der Waals surface area (Å²) >= 11 is 1.79. The summed E-state index contributed by atoms with van der Waals surface area (Å²) in [6.45, 7) is 7.89. The van der Waals surface area contributed by atoms with E-state index in [9.17, 15) is 5.26 Å². The summed E-state index contributed by atoms with van der Waals surface area (Å²) in [4.78, 5) is 6.04. The van der Waals surface area contributed by atoms with E-state index >= 15 is 0 Å². The number of H-pyrrole nitrogens is 1. The Morgan fingerprint density at radius 1 is 1.22 bits per heavy atom. The number of thioether (sulfide) groups is 1. The molecule has 1 saturated heterocycles. The predicted molar refractivity (Wildman–Crippen MR) is 92.9 cm³/mol. The van der Waals surface area contributed by atoms with E-state index in [1.165, 1.54) is 29.8 Å². The maximum Gasteiger partial charge on any atom is 0.278 e. The second-order valence-electron chi connectivity index (χ2n) is 6.76. The fourth-order valence-electron chi connectivity index (χ4n) is 3.36. The van der Waals surface area contributed by atoms with Crippen LogP contribution < -0.4 is 9.88 Å². The molecule has 1 aliphatic carbocycles. The largest absolute Gasteiger partial charge is 0.373 e. The van der Waals surface area contributed by atoms with Crippen molar-refractivity contribution in [3.63, 3.8) is 0 Å². The fourth-order valence-corrected chi connectivity index (χ4v) is 4.34. The summed E-state index contributed by atoms with van der Waals surface area (Å²) < 4.78 is 5.51. The molecule has 0 atom stereocenters. The molecule has 1 aromatic rings. The number of ether oxygens (including phenoxy) is 1. The Balaban J connectivity index is 2.03. The number of hydrogen-bond acceptors (Lipinski definition) is 4. The number of anilines is 1. The average molecular weight is 332 g/mol. The van der Waals surface area contributed by atoms with Gasteiger partial charge in [-0.25, -0.2) is 4.98 Å². The zero-order chi connectivity index (χ0) is 16.2. The highest BCUT2D eigenvalue weighted by molar-refractivity contribution is 7.99. The van der Waals surface area contributed by atoms with Gasteiger partial charge in [0.15, 0.2) is 5.03 Å². The number of hydrogen-bond donors (Lipinski definition) is 0. The molecule has 0 saturated carbocycles. The first-order valence-corrected chi connectivity index (χ1v) is 9.66. The van der Waals surface area contributed by atoms with E-state index < -0.39 is 0 Å². The fraction of sp³-hybridized carbons (Fsp3) is 0.667. The van der Waals surface area contributed by atoms with Gasteiger partial charge in [-0.2, -0.15) is 5.26 Å². The average Bonchev–Trinajstić information content (AvgIpc) is 2.59. The smallest absolute Gasteiger partial charge is 0.278 e. The molecule has 0 radical (unpaired) electrons. The van der Waals surface area contributed by atoms with Crippen molar-refractivity contribution < 1.29 is 9.72 Å². The van der Waals surface area contributed by atoms with Gasteiger partial charge in [-0.15, -0.1) is 0 Å². The van der Waals surface area contributed by atoms with Gasteiger partial charge < -0.3 is 4.74 Å². The van der Waals surface area contributed by atoms with Gasteiger partial charge in [0.2, 0.25) is 0 Å². The lowest BCUT2D eigenvalue weighted by Gasteiger charge is -2.26. The van der Waals surface area contributed by atoms with Gasteiger partial charge in [0, 0.05) is 11.3 Å². The number of morpholine rings is 1. The first kappa shape index (κ1) is 16.6. The first-order valence-electron chi connectivity index (χ1n) is 8.67. The minimum Gasteiger partial charge on any atom is -0.373 e. The van der Waals surface area contributed by atoms with Crippen molar-refractivity contribution in [1.29, 1.82) is 5.26 Å². The summed E-state index contributed by atoms with van der Waals surface area (Å²) in [6, 6.07) is 2.48. The van der Waals surface area contributed by atoms with Gasteiger partial charge in [0.05, 0.1) is 13.2 Å². The van der Waals surface area contributed by atoms with Crippen LogP contribution in [0.25, 0.3) is 0 Å². The van der Waals surface area contributed by atoms with Crippen LogP contribution in [-0.2, 0) is 17.6 Å². The van der Waals surface area contributed by atoms with Crippen LogP contribution in [0.5, 0.6) is 0 Å². The van der Waals surface area contributed by atoms with Crippen molar-refractivity contribution in [3.8, 4) is 6.07 Å². The molecular formula is C18H26N3OS+. The quantitative estimate of drug-likeness (QED) is 0.796. The van der Waals surface area contributed by atoms with E-state index in [1.807, 2.05) is 0 Å². The number of fused-ring (bicyclic) bond motifs is 1. The molecule has 0 unspecified atom stereocenters. The maximum absolute atomic E-state index is 9.72. The summed E-state index contributed by atoms with van der Waals surface area (Å²) in [7, 11) is 0. The van der Waals surface area contributed by atoms with Gasteiger partial charge >= 0.3 is 0 Å². The third-order valence-corrected chi connectivity index (χ3v) is 5.94. The van der Waals surface area contributed by atoms with Crippen LogP contribution in [0.1, 0.15) is 43.4 Å². The topological polar surface area (TPSA) is 50.4 Å². The van der Waals surface area contributed by atoms with Crippen molar-refractivity contribution in [1.82, 2.24) is 0 Å². The van der Waals surface area contributed by atoms with E-state index in [0.717, 1.165) is 55.5 Å². The molecule has 3 rings (SSSR count). The molecule has 0 amide bonds. The molecule has 5 heteroatoms. The zero-order valence-electron chi connectivity index (χ0n) is 14.2. The van der Waals surface area contributed by atoms with Crippen molar-refractivity contribution >= 4 is 17.6 Å². The highest BCUT2D eigenvalue weighted by atomic mass is 32.2. The van der Waals surface area contributed by atoms with E-state index in [4.69, 9.17) is 4.74 Å². The van der Waals surface area contributed by atoms with Crippen LogP contribution in [0.15, 0.2) is 5.03 Å². The molecule has 1 aromatic heterocycles. The second kappa shape index (κ2) is 7.55. The molecular weight excluding hydrogens is 306 g/mol. The maximum atomic E-state index is 9.72. The standard InChI is InChI=1S/C18H25N3OS/c1-13(2)12-23-18-16(11-19)14-5-3-4-6-15(14)17(20-18)21-7-9-22-10-8-21/h13H,3-10,12H2,1-2H3/p+1. The lowest BCUT2D eigenvalue weighted by molar-refractivity contribution is -0.414. The molecule has 0 bridgehead atoms. The minimum absolute atomic E-state index is 0.614. The number of nitriles is 1. The van der Waals surface area contributed by atoms with Crippen LogP contribution in [0.3, 0.4) is 0 Å². The van der Waals surface area contributed by atoms with Gasteiger partial charge in [-0.1, -0.05) is 25.6 Å². The minimum atomic E-state index is 0.614. The third-order valence-electron chi connectivity index (χ3n) is 4.51. The molecule has 0 aromatic carbocycles. The van der Waals surface area contributed by atoms with E-state index in [2.05, 4.69) is 29.8 Å². The van der Waals surface area contributed by atoms with Crippen LogP contribution >= 0.6 is 11.8 Å². The molecule has 1 fully saturated rings. The molecule has 124 valence electrons.